The van der Waals surface area contributed by atoms with Gasteiger partial charge in [-0.3, -0.25) is 0 Å². The maximum absolute atomic E-state index is 8.53. The molecule has 9 nitrogen and oxygen atoms in total. The molecule has 0 atom stereocenters. The first-order chi connectivity index (χ1) is 13.9. The number of rotatable bonds is 25. The Balaban J connectivity index is 2.96. The van der Waals surface area contributed by atoms with Gasteiger partial charge in [0.05, 0.1) is 106 Å². The lowest BCUT2D eigenvalue weighted by molar-refractivity contribution is -0.0238. The van der Waals surface area contributed by atoms with Crippen molar-refractivity contribution in [2.24, 2.45) is 0 Å². The monoisotopic (exact) mass is 412 g/mol. The summed E-state index contributed by atoms with van der Waals surface area (Å²) in [6.07, 6.45) is 1.03. The minimum absolute atomic E-state index is 0.0349. The van der Waals surface area contributed by atoms with E-state index in [1.165, 1.54) is 0 Å². The maximum Gasteiger partial charge on any atom is 0.0701 e. The molecule has 170 valence electrons. The number of aliphatic hydroxyl groups excluding tert-OH is 1. The van der Waals surface area contributed by atoms with Gasteiger partial charge in [-0.15, -0.1) is 0 Å². The molecule has 0 heterocycles. The SMILES string of the molecule is CCCOCCOCCOCCOCCOCCOCCOCCOCCO. The Hall–Kier alpha value is -0.360. The molecule has 0 aliphatic heterocycles. The van der Waals surface area contributed by atoms with E-state index in [-0.39, 0.29) is 6.61 Å². The maximum atomic E-state index is 8.53. The molecule has 0 unspecified atom stereocenters. The van der Waals surface area contributed by atoms with Crippen LogP contribution >= 0.6 is 0 Å². The predicted molar refractivity (Wildman–Crippen MR) is 104 cm³/mol. The Morgan fingerprint density at radius 3 is 0.786 bits per heavy atom. The first kappa shape index (κ1) is 27.6. The van der Waals surface area contributed by atoms with Gasteiger partial charge in [-0.05, 0) is 6.42 Å². The van der Waals surface area contributed by atoms with E-state index >= 15 is 0 Å². The molecule has 0 radical (unpaired) electrons. The van der Waals surface area contributed by atoms with Gasteiger partial charge in [0.25, 0.3) is 0 Å². The summed E-state index contributed by atoms with van der Waals surface area (Å²) in [6, 6.07) is 0. The van der Waals surface area contributed by atoms with Gasteiger partial charge < -0.3 is 43.0 Å². The van der Waals surface area contributed by atoms with Crippen LogP contribution in [-0.2, 0) is 37.9 Å². The molecule has 0 rings (SSSR count). The molecule has 28 heavy (non-hydrogen) atoms. The van der Waals surface area contributed by atoms with Crippen molar-refractivity contribution >= 4 is 0 Å². The van der Waals surface area contributed by atoms with Gasteiger partial charge in [-0.25, -0.2) is 0 Å². The van der Waals surface area contributed by atoms with Crippen molar-refractivity contribution in [2.75, 3.05) is 112 Å². The van der Waals surface area contributed by atoms with Crippen LogP contribution in [0, 0.1) is 0 Å². The van der Waals surface area contributed by atoms with Crippen LogP contribution in [0.1, 0.15) is 13.3 Å². The van der Waals surface area contributed by atoms with Crippen LogP contribution < -0.4 is 0 Å². The van der Waals surface area contributed by atoms with E-state index in [1.54, 1.807) is 0 Å². The van der Waals surface area contributed by atoms with E-state index in [0.29, 0.717) is 99.1 Å². The third kappa shape index (κ3) is 25.6. The van der Waals surface area contributed by atoms with Gasteiger partial charge in [-0.1, -0.05) is 6.92 Å². The Morgan fingerprint density at radius 1 is 0.357 bits per heavy atom. The second kappa shape index (κ2) is 26.6. The highest BCUT2D eigenvalue weighted by Crippen LogP contribution is 1.86. The Morgan fingerprint density at radius 2 is 0.571 bits per heavy atom. The molecule has 0 bridgehead atoms. The lowest BCUT2D eigenvalue weighted by Gasteiger charge is -2.08. The first-order valence-corrected chi connectivity index (χ1v) is 10.1. The zero-order chi connectivity index (χ0) is 20.4. The second-order valence-electron chi connectivity index (χ2n) is 5.62. The fourth-order valence-corrected chi connectivity index (χ4v) is 1.85. The fraction of sp³-hybridized carbons (Fsp3) is 1.00. The van der Waals surface area contributed by atoms with Crippen LogP contribution in [0.3, 0.4) is 0 Å². The highest BCUT2D eigenvalue weighted by Gasteiger charge is 1.94. The van der Waals surface area contributed by atoms with Crippen LogP contribution in [-0.4, -0.2) is 117 Å². The topological polar surface area (TPSA) is 94.1 Å². The van der Waals surface area contributed by atoms with Crippen molar-refractivity contribution in [1.82, 2.24) is 0 Å². The molecule has 0 saturated heterocycles. The van der Waals surface area contributed by atoms with Crippen LogP contribution in [0.4, 0.5) is 0 Å². The summed E-state index contributed by atoms with van der Waals surface area (Å²) in [6.45, 7) is 10.8. The van der Waals surface area contributed by atoms with E-state index in [0.717, 1.165) is 13.0 Å². The molecule has 0 aliphatic carbocycles. The van der Waals surface area contributed by atoms with E-state index < -0.39 is 0 Å². The van der Waals surface area contributed by atoms with E-state index in [9.17, 15) is 0 Å². The van der Waals surface area contributed by atoms with Crippen molar-refractivity contribution in [3.8, 4) is 0 Å². The fourth-order valence-electron chi connectivity index (χ4n) is 1.85. The molecule has 0 aromatic heterocycles. The zero-order valence-electron chi connectivity index (χ0n) is 17.4. The number of aliphatic hydroxyl groups is 1. The summed E-state index contributed by atoms with van der Waals surface area (Å²) >= 11 is 0. The third-order valence-electron chi connectivity index (χ3n) is 3.19. The molecular formula is C19H40O9. The normalized spacial score (nSPS) is 11.4. The summed E-state index contributed by atoms with van der Waals surface area (Å²) in [7, 11) is 0. The van der Waals surface area contributed by atoms with Crippen LogP contribution in [0.25, 0.3) is 0 Å². The van der Waals surface area contributed by atoms with Crippen LogP contribution in [0.15, 0.2) is 0 Å². The van der Waals surface area contributed by atoms with Crippen molar-refractivity contribution in [1.29, 1.82) is 0 Å². The largest absolute Gasteiger partial charge is 0.394 e. The Labute approximate surface area is 169 Å². The van der Waals surface area contributed by atoms with Gasteiger partial charge >= 0.3 is 0 Å². The highest BCUT2D eigenvalue weighted by atomic mass is 16.6. The van der Waals surface area contributed by atoms with Gasteiger partial charge in [-0.2, -0.15) is 0 Å². The standard InChI is InChI=1S/C19H40O9/c1-2-4-21-6-8-23-10-12-25-14-16-27-18-19-28-17-15-26-13-11-24-9-7-22-5-3-20/h20H,2-19H2,1H3. The van der Waals surface area contributed by atoms with E-state index in [2.05, 4.69) is 6.92 Å². The van der Waals surface area contributed by atoms with Gasteiger partial charge in [0, 0.05) is 6.61 Å². The molecule has 0 spiro atoms. The van der Waals surface area contributed by atoms with Crippen LogP contribution in [0.5, 0.6) is 0 Å². The van der Waals surface area contributed by atoms with Gasteiger partial charge in [0.15, 0.2) is 0 Å². The van der Waals surface area contributed by atoms with E-state index in [4.69, 9.17) is 43.0 Å². The molecule has 0 aromatic rings. The molecule has 1 N–H and O–H groups in total. The summed E-state index contributed by atoms with van der Waals surface area (Å²) in [5, 5.41) is 8.53. The minimum Gasteiger partial charge on any atom is -0.394 e. The van der Waals surface area contributed by atoms with Crippen molar-refractivity contribution in [3.63, 3.8) is 0 Å². The van der Waals surface area contributed by atoms with Crippen molar-refractivity contribution < 1.29 is 43.0 Å². The predicted octanol–water partition coefficient (Wildman–Crippen LogP) is 0.522. The molecule has 0 aromatic carbocycles. The van der Waals surface area contributed by atoms with Crippen molar-refractivity contribution in [3.05, 3.63) is 0 Å². The second-order valence-corrected chi connectivity index (χ2v) is 5.62. The first-order valence-electron chi connectivity index (χ1n) is 10.1. The van der Waals surface area contributed by atoms with Gasteiger partial charge in [0.2, 0.25) is 0 Å². The Kier molecular flexibility index (Phi) is 26.3. The lowest BCUT2D eigenvalue weighted by Crippen LogP contribution is -2.15. The number of hydrogen-bond acceptors (Lipinski definition) is 9. The molecule has 9 heteroatoms. The summed E-state index contributed by atoms with van der Waals surface area (Å²) in [4.78, 5) is 0. The average Bonchev–Trinajstić information content (AvgIpc) is 2.71. The molecular weight excluding hydrogens is 372 g/mol. The quantitative estimate of drug-likeness (QED) is 0.215. The lowest BCUT2D eigenvalue weighted by atomic mass is 10.5. The zero-order valence-corrected chi connectivity index (χ0v) is 17.4. The third-order valence-corrected chi connectivity index (χ3v) is 3.19. The van der Waals surface area contributed by atoms with E-state index in [1.807, 2.05) is 0 Å². The minimum atomic E-state index is 0.0349. The smallest absolute Gasteiger partial charge is 0.0701 e. The molecule has 0 amide bonds. The van der Waals surface area contributed by atoms with Crippen molar-refractivity contribution in [2.45, 2.75) is 13.3 Å². The average molecular weight is 413 g/mol. The Bertz CT molecular complexity index is 244. The molecule has 0 saturated carbocycles. The highest BCUT2D eigenvalue weighted by molar-refractivity contribution is 4.37. The van der Waals surface area contributed by atoms with Crippen LogP contribution in [0.2, 0.25) is 0 Å². The number of hydrogen-bond donors (Lipinski definition) is 1. The molecule has 0 aliphatic rings. The number of ether oxygens (including phenoxy) is 8. The summed E-state index contributed by atoms with van der Waals surface area (Å²) in [5.41, 5.74) is 0. The summed E-state index contributed by atoms with van der Waals surface area (Å²) in [5.74, 6) is 0. The van der Waals surface area contributed by atoms with Gasteiger partial charge in [0.1, 0.15) is 0 Å². The summed E-state index contributed by atoms with van der Waals surface area (Å²) < 4.78 is 42.6. The molecule has 0 fully saturated rings.